The first-order chi connectivity index (χ1) is 13.1. The van der Waals surface area contributed by atoms with Crippen LogP contribution in [0.4, 0.5) is 17.1 Å². The molecule has 3 rings (SSSR count). The Kier molecular flexibility index (Phi) is 5.84. The molecule has 3 aromatic rings. The van der Waals surface area contributed by atoms with Crippen molar-refractivity contribution in [2.75, 3.05) is 24.9 Å². The number of nitrogens with one attached hydrogen (secondary N) is 2. The van der Waals surface area contributed by atoms with E-state index in [0.717, 1.165) is 17.1 Å². The van der Waals surface area contributed by atoms with Crippen LogP contribution in [-0.4, -0.2) is 20.1 Å². The third kappa shape index (κ3) is 4.71. The minimum absolute atomic E-state index is 0.191. The molecule has 0 saturated heterocycles. The van der Waals surface area contributed by atoms with Crippen molar-refractivity contribution in [1.82, 2.24) is 0 Å². The lowest BCUT2D eigenvalue weighted by Gasteiger charge is -2.13. The molecule has 0 unspecified atom stereocenters. The maximum absolute atomic E-state index is 12.2. The van der Waals surface area contributed by atoms with Gasteiger partial charge in [0, 0.05) is 28.0 Å². The fourth-order valence-corrected chi connectivity index (χ4v) is 2.62. The maximum atomic E-state index is 12.2. The van der Waals surface area contributed by atoms with Gasteiger partial charge in [0.1, 0.15) is 11.5 Å². The number of ether oxygens (including phenoxy) is 2. The molecule has 3 aromatic carbocycles. The number of benzene rings is 3. The Balaban J connectivity index is 1.68. The van der Waals surface area contributed by atoms with Gasteiger partial charge in [0.15, 0.2) is 0 Å². The lowest BCUT2D eigenvalue weighted by Crippen LogP contribution is -2.11. The summed E-state index contributed by atoms with van der Waals surface area (Å²) in [6.07, 6.45) is 0. The van der Waals surface area contributed by atoms with E-state index in [9.17, 15) is 4.79 Å². The van der Waals surface area contributed by atoms with Crippen molar-refractivity contribution in [3.05, 3.63) is 77.3 Å². The second-order valence-corrected chi connectivity index (χ2v) is 6.17. The van der Waals surface area contributed by atoms with E-state index in [4.69, 9.17) is 21.1 Å². The van der Waals surface area contributed by atoms with Gasteiger partial charge in [-0.05, 0) is 60.7 Å². The van der Waals surface area contributed by atoms with Crippen LogP contribution in [0.1, 0.15) is 10.4 Å². The summed E-state index contributed by atoms with van der Waals surface area (Å²) >= 11 is 5.84. The summed E-state index contributed by atoms with van der Waals surface area (Å²) in [6.45, 7) is 0. The van der Waals surface area contributed by atoms with Crippen LogP contribution >= 0.6 is 11.6 Å². The van der Waals surface area contributed by atoms with Gasteiger partial charge in [-0.2, -0.15) is 0 Å². The van der Waals surface area contributed by atoms with Crippen LogP contribution in [0.25, 0.3) is 0 Å². The lowest BCUT2D eigenvalue weighted by molar-refractivity contribution is 0.102. The molecule has 0 aliphatic rings. The molecule has 2 N–H and O–H groups in total. The van der Waals surface area contributed by atoms with Crippen molar-refractivity contribution >= 4 is 34.6 Å². The van der Waals surface area contributed by atoms with Crippen molar-refractivity contribution in [2.45, 2.75) is 0 Å². The minimum Gasteiger partial charge on any atom is -0.497 e. The van der Waals surface area contributed by atoms with E-state index >= 15 is 0 Å². The van der Waals surface area contributed by atoms with Gasteiger partial charge in [-0.15, -0.1) is 0 Å². The highest BCUT2D eigenvalue weighted by molar-refractivity contribution is 6.30. The number of anilines is 3. The second-order valence-electron chi connectivity index (χ2n) is 5.73. The molecule has 0 bridgehead atoms. The summed E-state index contributed by atoms with van der Waals surface area (Å²) in [7, 11) is 3.22. The molecule has 0 spiro atoms. The van der Waals surface area contributed by atoms with Crippen molar-refractivity contribution < 1.29 is 14.3 Å². The van der Waals surface area contributed by atoms with E-state index in [2.05, 4.69) is 10.6 Å². The molecule has 1 amide bonds. The summed E-state index contributed by atoms with van der Waals surface area (Å²) in [4.78, 5) is 12.2. The van der Waals surface area contributed by atoms with Gasteiger partial charge in [-0.25, -0.2) is 0 Å². The summed E-state index contributed by atoms with van der Waals surface area (Å²) in [5.74, 6) is 1.20. The molecule has 0 aliphatic carbocycles. The fourth-order valence-electron chi connectivity index (χ4n) is 2.50. The molecular formula is C21H19ClN2O3. The Bertz CT molecular complexity index is 925. The highest BCUT2D eigenvalue weighted by atomic mass is 35.5. The van der Waals surface area contributed by atoms with Crippen molar-refractivity contribution in [1.29, 1.82) is 0 Å². The summed E-state index contributed by atoms with van der Waals surface area (Å²) in [5, 5.41) is 6.73. The van der Waals surface area contributed by atoms with Crippen molar-refractivity contribution in [2.24, 2.45) is 0 Å². The van der Waals surface area contributed by atoms with E-state index in [0.29, 0.717) is 22.0 Å². The molecule has 27 heavy (non-hydrogen) atoms. The minimum atomic E-state index is -0.191. The van der Waals surface area contributed by atoms with Crippen LogP contribution in [0.3, 0.4) is 0 Å². The lowest BCUT2D eigenvalue weighted by atomic mass is 10.2. The first-order valence-corrected chi connectivity index (χ1v) is 8.63. The average Bonchev–Trinajstić information content (AvgIpc) is 2.70. The smallest absolute Gasteiger partial charge is 0.255 e. The van der Waals surface area contributed by atoms with Crippen LogP contribution in [-0.2, 0) is 0 Å². The average molecular weight is 383 g/mol. The second kappa shape index (κ2) is 8.47. The first kappa shape index (κ1) is 18.6. The van der Waals surface area contributed by atoms with Crippen molar-refractivity contribution in [3.8, 4) is 11.5 Å². The molecule has 0 heterocycles. The number of rotatable bonds is 6. The maximum Gasteiger partial charge on any atom is 0.255 e. The number of hydrogen-bond acceptors (Lipinski definition) is 4. The zero-order valence-corrected chi connectivity index (χ0v) is 15.7. The Labute approximate surface area is 162 Å². The van der Waals surface area contributed by atoms with Gasteiger partial charge < -0.3 is 20.1 Å². The largest absolute Gasteiger partial charge is 0.497 e. The van der Waals surface area contributed by atoms with E-state index in [1.165, 1.54) is 0 Å². The molecule has 0 fully saturated rings. The third-order valence-corrected chi connectivity index (χ3v) is 4.19. The quantitative estimate of drug-likeness (QED) is 0.603. The zero-order valence-electron chi connectivity index (χ0n) is 15.0. The van der Waals surface area contributed by atoms with Crippen LogP contribution in [0.5, 0.6) is 11.5 Å². The van der Waals surface area contributed by atoms with Crippen molar-refractivity contribution in [3.63, 3.8) is 0 Å². The molecule has 0 saturated carbocycles. The number of carbonyl (C=O) groups is 1. The fraction of sp³-hybridized carbons (Fsp3) is 0.0952. The molecule has 0 aromatic heterocycles. The zero-order chi connectivity index (χ0) is 19.2. The SMILES string of the molecule is COc1ccc(Nc2ccc(NC(=O)c3ccc(Cl)cc3)cc2)c(OC)c1. The number of amides is 1. The van der Waals surface area contributed by atoms with Gasteiger partial charge >= 0.3 is 0 Å². The number of methoxy groups -OCH3 is 2. The number of carbonyl (C=O) groups excluding carboxylic acids is 1. The van der Waals surface area contributed by atoms with Crippen LogP contribution in [0, 0.1) is 0 Å². The van der Waals surface area contributed by atoms with Crippen LogP contribution in [0.15, 0.2) is 66.7 Å². The number of hydrogen-bond donors (Lipinski definition) is 2. The highest BCUT2D eigenvalue weighted by Crippen LogP contribution is 2.31. The summed E-state index contributed by atoms with van der Waals surface area (Å²) in [6, 6.07) is 19.7. The molecule has 138 valence electrons. The topological polar surface area (TPSA) is 59.6 Å². The summed E-state index contributed by atoms with van der Waals surface area (Å²) < 4.78 is 10.6. The van der Waals surface area contributed by atoms with Gasteiger partial charge in [-0.3, -0.25) is 4.79 Å². The molecule has 6 heteroatoms. The van der Waals surface area contributed by atoms with Gasteiger partial charge in [0.2, 0.25) is 0 Å². The van der Waals surface area contributed by atoms with Crippen LogP contribution < -0.4 is 20.1 Å². The predicted molar refractivity (Wildman–Crippen MR) is 109 cm³/mol. The number of halogens is 1. The normalized spacial score (nSPS) is 10.2. The highest BCUT2D eigenvalue weighted by Gasteiger charge is 2.07. The molecule has 0 radical (unpaired) electrons. The predicted octanol–water partition coefficient (Wildman–Crippen LogP) is 5.35. The Morgan fingerprint density at radius 1 is 0.852 bits per heavy atom. The third-order valence-electron chi connectivity index (χ3n) is 3.94. The first-order valence-electron chi connectivity index (χ1n) is 8.25. The van der Waals surface area contributed by atoms with E-state index in [1.54, 1.807) is 38.5 Å². The van der Waals surface area contributed by atoms with Gasteiger partial charge in [0.25, 0.3) is 5.91 Å². The Morgan fingerprint density at radius 3 is 2.15 bits per heavy atom. The van der Waals surface area contributed by atoms with Gasteiger partial charge in [-0.1, -0.05) is 11.6 Å². The molecule has 0 atom stereocenters. The molecular weight excluding hydrogens is 364 g/mol. The van der Waals surface area contributed by atoms with Gasteiger partial charge in [0.05, 0.1) is 19.9 Å². The Morgan fingerprint density at radius 2 is 1.52 bits per heavy atom. The molecule has 5 nitrogen and oxygen atoms in total. The van der Waals surface area contributed by atoms with Crippen LogP contribution in [0.2, 0.25) is 5.02 Å². The standard InChI is InChI=1S/C21H19ClN2O3/c1-26-18-11-12-19(20(13-18)27-2)23-16-7-9-17(10-8-16)24-21(25)14-3-5-15(22)6-4-14/h3-13,23H,1-2H3,(H,24,25). The monoisotopic (exact) mass is 382 g/mol. The van der Waals surface area contributed by atoms with E-state index < -0.39 is 0 Å². The van der Waals surface area contributed by atoms with E-state index in [1.807, 2.05) is 42.5 Å². The Hall–Kier alpha value is -3.18. The van der Waals surface area contributed by atoms with E-state index in [-0.39, 0.29) is 5.91 Å². The summed E-state index contributed by atoms with van der Waals surface area (Å²) in [5.41, 5.74) is 2.92. The molecule has 0 aliphatic heterocycles.